The lowest BCUT2D eigenvalue weighted by atomic mass is 9.86. The Labute approximate surface area is 275 Å². The quantitative estimate of drug-likeness (QED) is 0.137. The molecule has 1 N–H and O–H groups in total. The third-order valence-electron chi connectivity index (χ3n) is 10.2. The molecule has 0 spiro atoms. The predicted octanol–water partition coefficient (Wildman–Crippen LogP) is 8.08. The van der Waals surface area contributed by atoms with E-state index in [0.29, 0.717) is 13.1 Å². The second-order valence-corrected chi connectivity index (χ2v) is 13.7. The van der Waals surface area contributed by atoms with E-state index in [4.69, 9.17) is 4.74 Å². The minimum Gasteiger partial charge on any atom is -0.496 e. The summed E-state index contributed by atoms with van der Waals surface area (Å²) in [7, 11) is 1.74. The molecule has 0 radical (unpaired) electrons. The fraction of sp³-hybridized carbons (Fsp3) is 0.500. The second kappa shape index (κ2) is 13.9. The summed E-state index contributed by atoms with van der Waals surface area (Å²) in [6.07, 6.45) is 8.84. The van der Waals surface area contributed by atoms with Gasteiger partial charge in [-0.15, -0.1) is 0 Å². The monoisotopic (exact) mass is 623 g/mol. The molecule has 1 aliphatic carbocycles. The van der Waals surface area contributed by atoms with Gasteiger partial charge in [0.1, 0.15) is 5.75 Å². The molecule has 1 aromatic heterocycles. The number of Topliss-reactive ketones (excluding diaryl/α,β-unsaturated/α-hetero) is 1. The van der Waals surface area contributed by atoms with E-state index in [1.807, 2.05) is 11.0 Å². The number of ketones is 1. The zero-order valence-corrected chi connectivity index (χ0v) is 29.1. The van der Waals surface area contributed by atoms with Crippen molar-refractivity contribution in [2.45, 2.75) is 104 Å². The summed E-state index contributed by atoms with van der Waals surface area (Å²) < 4.78 is 8.16. The average molecular weight is 624 g/mol. The number of aromatic nitrogens is 1. The summed E-state index contributed by atoms with van der Waals surface area (Å²) >= 11 is 0. The number of carbonyl (C=O) groups excluding carboxylic acids is 2. The van der Waals surface area contributed by atoms with Crippen LogP contribution in [0.15, 0.2) is 60.3 Å². The Morgan fingerprint density at radius 3 is 2.43 bits per heavy atom. The molecule has 2 aromatic carbocycles. The summed E-state index contributed by atoms with van der Waals surface area (Å²) in [5, 5.41) is 4.92. The Morgan fingerprint density at radius 2 is 1.83 bits per heavy atom. The molecule has 6 nitrogen and oxygen atoms in total. The number of ether oxygens (including phenoxy) is 1. The zero-order chi connectivity index (χ0) is 33.2. The van der Waals surface area contributed by atoms with Crippen molar-refractivity contribution in [3.05, 3.63) is 88.3 Å². The van der Waals surface area contributed by atoms with Crippen molar-refractivity contribution >= 4 is 22.6 Å². The van der Waals surface area contributed by atoms with Crippen LogP contribution in [0.4, 0.5) is 0 Å². The van der Waals surface area contributed by atoms with E-state index in [0.717, 1.165) is 79.3 Å². The van der Waals surface area contributed by atoms with Gasteiger partial charge in [0.05, 0.1) is 18.7 Å². The van der Waals surface area contributed by atoms with E-state index in [2.05, 4.69) is 88.3 Å². The number of nitrogens with zero attached hydrogens (tertiary/aromatic N) is 2. The Hall–Kier alpha value is -3.80. The molecule has 1 atom stereocenters. The SMILES string of the molecule is C=CC(=O)N1CC(NC(=C2CC2)C(C)(C)n2c(C)c(C(=O)C(CCC)CCc3c(CC)cccc3OC)c3cc(CC)ccc32)C1. The molecule has 3 aromatic rings. The van der Waals surface area contributed by atoms with Gasteiger partial charge in [0, 0.05) is 46.9 Å². The topological polar surface area (TPSA) is 63.6 Å². The van der Waals surface area contributed by atoms with Crippen molar-refractivity contribution in [1.29, 1.82) is 0 Å². The fourth-order valence-corrected chi connectivity index (χ4v) is 7.63. The number of rotatable bonds is 15. The highest BCUT2D eigenvalue weighted by atomic mass is 16.5. The minimum atomic E-state index is -0.406. The van der Waals surface area contributed by atoms with Crippen molar-refractivity contribution < 1.29 is 14.3 Å². The first-order chi connectivity index (χ1) is 22.1. The Morgan fingerprint density at radius 1 is 1.09 bits per heavy atom. The number of fused-ring (bicyclic) bond motifs is 1. The van der Waals surface area contributed by atoms with E-state index in [-0.39, 0.29) is 23.7 Å². The number of hydrogen-bond donors (Lipinski definition) is 1. The van der Waals surface area contributed by atoms with Gasteiger partial charge in [0.2, 0.25) is 5.91 Å². The van der Waals surface area contributed by atoms with Crippen LogP contribution in [-0.4, -0.2) is 47.4 Å². The highest BCUT2D eigenvalue weighted by Crippen LogP contribution is 2.43. The molecule has 1 saturated heterocycles. The van der Waals surface area contributed by atoms with Crippen molar-refractivity contribution in [2.75, 3.05) is 20.2 Å². The van der Waals surface area contributed by atoms with Crippen LogP contribution in [0.25, 0.3) is 10.9 Å². The van der Waals surface area contributed by atoms with Gasteiger partial charge < -0.3 is 19.5 Å². The summed E-state index contributed by atoms with van der Waals surface area (Å²) in [5.41, 5.74) is 9.03. The lowest BCUT2D eigenvalue weighted by molar-refractivity contribution is -0.130. The van der Waals surface area contributed by atoms with E-state index in [1.165, 1.54) is 34.0 Å². The first-order valence-electron chi connectivity index (χ1n) is 17.3. The minimum absolute atomic E-state index is 0.0154. The number of aryl methyl sites for hydroxylation is 2. The number of amides is 1. The predicted molar refractivity (Wildman–Crippen MR) is 189 cm³/mol. The van der Waals surface area contributed by atoms with Crippen LogP contribution >= 0.6 is 0 Å². The number of nitrogens with one attached hydrogen (secondary N) is 1. The van der Waals surface area contributed by atoms with Gasteiger partial charge in [-0.3, -0.25) is 9.59 Å². The van der Waals surface area contributed by atoms with E-state index < -0.39 is 5.54 Å². The molecule has 5 rings (SSSR count). The van der Waals surface area contributed by atoms with Crippen LogP contribution in [0.3, 0.4) is 0 Å². The van der Waals surface area contributed by atoms with E-state index in [9.17, 15) is 9.59 Å². The highest BCUT2D eigenvalue weighted by molar-refractivity contribution is 6.10. The Kier molecular flexibility index (Phi) is 10.1. The van der Waals surface area contributed by atoms with Crippen molar-refractivity contribution in [1.82, 2.24) is 14.8 Å². The molecular weight excluding hydrogens is 570 g/mol. The molecule has 1 aliphatic heterocycles. The summed E-state index contributed by atoms with van der Waals surface area (Å²) in [6.45, 7) is 18.2. The van der Waals surface area contributed by atoms with Crippen molar-refractivity contribution in [3.63, 3.8) is 0 Å². The Balaban J connectivity index is 1.53. The average Bonchev–Trinajstić information content (AvgIpc) is 3.82. The van der Waals surface area contributed by atoms with Crippen LogP contribution in [0, 0.1) is 12.8 Å². The Bertz CT molecular complexity index is 1630. The standard InChI is InChI=1S/C40H53N3O3/c1-9-14-29(20-21-32-28(11-3)15-13-16-35(32)46-8)38(45)37-26(5)43(34-22-17-27(10-2)23-33(34)37)40(6,7)39(30-18-19-30)41-31-24-42(25-31)36(44)12-4/h12-13,15-17,22-23,29,31,41H,4,9-11,14,18-21,24-25H2,1-3,5-8H3. The van der Waals surface area contributed by atoms with Gasteiger partial charge in [0.15, 0.2) is 5.78 Å². The molecular formula is C40H53N3O3. The maximum absolute atomic E-state index is 14.8. The van der Waals surface area contributed by atoms with Crippen molar-refractivity contribution in [3.8, 4) is 5.75 Å². The summed E-state index contributed by atoms with van der Waals surface area (Å²) in [5.74, 6) is 1.08. The molecule has 0 bridgehead atoms. The molecule has 1 amide bonds. The number of hydrogen-bond acceptors (Lipinski definition) is 4. The molecule has 46 heavy (non-hydrogen) atoms. The smallest absolute Gasteiger partial charge is 0.246 e. The number of likely N-dealkylation sites (tertiary alicyclic amines) is 1. The third kappa shape index (κ3) is 6.41. The fourth-order valence-electron chi connectivity index (χ4n) is 7.63. The van der Waals surface area contributed by atoms with Gasteiger partial charge in [-0.2, -0.15) is 0 Å². The van der Waals surface area contributed by atoms with E-state index >= 15 is 0 Å². The molecule has 1 saturated carbocycles. The van der Waals surface area contributed by atoms with E-state index in [1.54, 1.807) is 7.11 Å². The van der Waals surface area contributed by atoms with Crippen LogP contribution in [0.1, 0.15) is 99.5 Å². The van der Waals surface area contributed by atoms with Crippen molar-refractivity contribution in [2.24, 2.45) is 5.92 Å². The third-order valence-corrected chi connectivity index (χ3v) is 10.2. The number of methoxy groups -OCH3 is 1. The van der Waals surface area contributed by atoms with Gasteiger partial charge in [0.25, 0.3) is 0 Å². The maximum atomic E-state index is 14.8. The van der Waals surface area contributed by atoms with Crippen LogP contribution < -0.4 is 10.1 Å². The van der Waals surface area contributed by atoms with Crippen LogP contribution in [-0.2, 0) is 29.6 Å². The van der Waals surface area contributed by atoms with Gasteiger partial charge in [-0.25, -0.2) is 0 Å². The lowest BCUT2D eigenvalue weighted by Gasteiger charge is -2.43. The second-order valence-electron chi connectivity index (χ2n) is 13.7. The highest BCUT2D eigenvalue weighted by Gasteiger charge is 2.39. The first-order valence-corrected chi connectivity index (χ1v) is 17.3. The molecule has 1 unspecified atom stereocenters. The van der Waals surface area contributed by atoms with Gasteiger partial charge in [-0.05, 0) is 112 Å². The zero-order valence-electron chi connectivity index (χ0n) is 29.1. The first kappa shape index (κ1) is 33.6. The number of carbonyl (C=O) groups is 2. The number of allylic oxidation sites excluding steroid dienone is 2. The molecule has 2 aliphatic rings. The molecule has 2 fully saturated rings. The summed E-state index contributed by atoms with van der Waals surface area (Å²) in [4.78, 5) is 28.7. The maximum Gasteiger partial charge on any atom is 0.246 e. The number of benzene rings is 2. The lowest BCUT2D eigenvalue weighted by Crippen LogP contribution is -2.60. The van der Waals surface area contributed by atoms with Gasteiger partial charge in [-0.1, -0.05) is 52.0 Å². The largest absolute Gasteiger partial charge is 0.496 e. The molecule has 6 heteroatoms. The molecule has 246 valence electrons. The normalized spacial score (nSPS) is 15.5. The molecule has 2 heterocycles. The van der Waals surface area contributed by atoms with Crippen LogP contribution in [0.5, 0.6) is 5.75 Å². The van der Waals surface area contributed by atoms with Crippen LogP contribution in [0.2, 0.25) is 0 Å². The summed E-state index contributed by atoms with van der Waals surface area (Å²) in [6, 6.07) is 13.2. The van der Waals surface area contributed by atoms with Gasteiger partial charge >= 0.3 is 0 Å².